The number of benzene rings is 9. The van der Waals surface area contributed by atoms with Crippen LogP contribution < -0.4 is 0 Å². The lowest BCUT2D eigenvalue weighted by Gasteiger charge is -2.13. The van der Waals surface area contributed by atoms with E-state index in [0.717, 1.165) is 0 Å². The highest BCUT2D eigenvalue weighted by atomic mass is 15.0. The SMILES string of the molecule is [2H]c1c([2H])c([2H])c(-c2c([2H])c([2H])c3c([2H])c(-c4c([2H])c([2H])c([2H])c(-c5nc(-c6c([2H])c([2H])c([2H])c7c([2H])c([2H])c([2H])c([2H])c67)nc(-c6c([2H])c([2H])c([2H])c7c([2H])c([2H])c8c([2H])c([2H])c([2H])c([2H])c8c67)n5)c4[2H])c([2H])c([2H])c3c2[2H])c([2H])c1[2H]. The van der Waals surface area contributed by atoms with Gasteiger partial charge < -0.3 is 0 Å². The van der Waals surface area contributed by atoms with E-state index in [4.69, 9.17) is 31.5 Å². The minimum absolute atomic E-state index is 0.605. The lowest BCUT2D eigenvalue weighted by Crippen LogP contribution is -2.01. The van der Waals surface area contributed by atoms with Crippen LogP contribution >= 0.6 is 0 Å². The molecule has 242 valence electrons. The van der Waals surface area contributed by atoms with E-state index >= 15 is 0 Å². The van der Waals surface area contributed by atoms with Crippen molar-refractivity contribution in [3.63, 3.8) is 0 Å². The molecule has 0 radical (unpaired) electrons. The van der Waals surface area contributed by atoms with E-state index < -0.39 is 287 Å². The molecule has 0 spiro atoms. The van der Waals surface area contributed by atoms with Gasteiger partial charge in [0.05, 0.1) is 42.5 Å². The van der Waals surface area contributed by atoms with Crippen LogP contribution in [0.25, 0.3) is 99.5 Å². The lowest BCUT2D eigenvalue weighted by molar-refractivity contribution is 1.08. The molecule has 10 rings (SSSR count). The first-order chi connectivity index (χ1) is 38.7. The minimum Gasteiger partial charge on any atom is -0.208 e. The maximum Gasteiger partial charge on any atom is 0.164 e. The molecule has 0 aliphatic rings. The fourth-order valence-electron chi connectivity index (χ4n) is 5.41. The molecule has 3 nitrogen and oxygen atoms in total. The zero-order valence-electron chi connectivity index (χ0n) is 56.8. The zero-order chi connectivity index (χ0) is 61.4. The highest BCUT2D eigenvalue weighted by molar-refractivity contribution is 6.13. The summed E-state index contributed by atoms with van der Waals surface area (Å²) in [5.41, 5.74) is -5.80. The molecule has 10 aromatic rings. The third-order valence-electron chi connectivity index (χ3n) is 7.74. The van der Waals surface area contributed by atoms with Gasteiger partial charge in [0.15, 0.2) is 17.5 Å². The van der Waals surface area contributed by atoms with Gasteiger partial charge in [-0.2, -0.15) is 0 Å². The van der Waals surface area contributed by atoms with Crippen LogP contribution in [0.5, 0.6) is 0 Å². The Morgan fingerprint density at radius 3 is 1.56 bits per heavy atom. The van der Waals surface area contributed by atoms with Gasteiger partial charge >= 0.3 is 0 Å². The molecule has 0 aliphatic carbocycles. The van der Waals surface area contributed by atoms with Crippen molar-refractivity contribution >= 4 is 43.1 Å². The van der Waals surface area contributed by atoms with E-state index in [-0.39, 0.29) is 0 Å². The molecule has 52 heavy (non-hydrogen) atoms. The van der Waals surface area contributed by atoms with Crippen molar-refractivity contribution in [3.8, 4) is 56.4 Å². The third kappa shape index (κ3) is 5.28. The van der Waals surface area contributed by atoms with Crippen molar-refractivity contribution in [1.29, 1.82) is 0 Å². The van der Waals surface area contributed by atoms with Crippen molar-refractivity contribution in [2.75, 3.05) is 0 Å². The summed E-state index contributed by atoms with van der Waals surface area (Å²) in [6, 6.07) is -29.4. The van der Waals surface area contributed by atoms with Crippen molar-refractivity contribution in [2.45, 2.75) is 0 Å². The highest BCUT2D eigenvalue weighted by Crippen LogP contribution is 2.36. The Kier molecular flexibility index (Phi) is 2.88. The Morgan fingerprint density at radius 2 is 0.769 bits per heavy atom. The van der Waals surface area contributed by atoms with Gasteiger partial charge in [-0.3, -0.25) is 0 Å². The Bertz CT molecular complexity index is 4720. The molecule has 0 amide bonds. The molecule has 0 fully saturated rings. The highest BCUT2D eigenvalue weighted by Gasteiger charge is 2.17. The summed E-state index contributed by atoms with van der Waals surface area (Å²) < 4.78 is 276. The molecule has 0 atom stereocenters. The quantitative estimate of drug-likeness (QED) is 0.169. The first kappa shape index (κ1) is 12.1. The van der Waals surface area contributed by atoms with E-state index in [2.05, 4.69) is 15.0 Å². The van der Waals surface area contributed by atoms with Crippen LogP contribution in [-0.4, -0.2) is 15.0 Å². The fraction of sp³-hybridized carbons (Fsp3) is 0. The van der Waals surface area contributed by atoms with Crippen LogP contribution in [0.4, 0.5) is 0 Å². The molecule has 3 heteroatoms. The zero-order valence-corrected chi connectivity index (χ0v) is 25.8. The number of aromatic nitrogens is 3. The summed E-state index contributed by atoms with van der Waals surface area (Å²) in [5, 5.41) is -5.30. The molecule has 0 aliphatic heterocycles. The van der Waals surface area contributed by atoms with Crippen molar-refractivity contribution in [3.05, 3.63) is 187 Å². The van der Waals surface area contributed by atoms with E-state index in [9.17, 15) is 11.0 Å². The second-order valence-corrected chi connectivity index (χ2v) is 10.8. The monoisotopic (exact) mass is 692 g/mol. The molecule has 0 saturated heterocycles. The van der Waals surface area contributed by atoms with Gasteiger partial charge in [0, 0.05) is 22.1 Å². The molecule has 0 bridgehead atoms. The van der Waals surface area contributed by atoms with Crippen LogP contribution in [0.2, 0.25) is 0 Å². The number of fused-ring (bicyclic) bond motifs is 5. The number of hydrogen-bond donors (Lipinski definition) is 0. The smallest absolute Gasteiger partial charge is 0.164 e. The number of nitrogens with zero attached hydrogens (tertiary/aromatic N) is 3. The average molecular weight is 693 g/mol. The predicted molar refractivity (Wildman–Crippen MR) is 217 cm³/mol. The molecule has 0 unspecified atom stereocenters. The van der Waals surface area contributed by atoms with E-state index in [0.29, 0.717) is 0 Å². The second-order valence-electron chi connectivity index (χ2n) is 10.8. The summed E-state index contributed by atoms with van der Waals surface area (Å²) in [5.74, 6) is -2.90. The summed E-state index contributed by atoms with van der Waals surface area (Å²) in [6.07, 6.45) is 0. The molecule has 0 saturated carbocycles. The molecular weight excluding hydrogens is 631 g/mol. The van der Waals surface area contributed by atoms with E-state index in [1.807, 2.05) is 0 Å². The Hall–Kier alpha value is -6.97. The summed E-state index contributed by atoms with van der Waals surface area (Å²) in [7, 11) is 0. The first-order valence-electron chi connectivity index (χ1n) is 30.6. The lowest BCUT2D eigenvalue weighted by atomic mass is 9.96. The van der Waals surface area contributed by atoms with Crippen molar-refractivity contribution in [2.24, 2.45) is 0 Å². The minimum atomic E-state index is -1.13. The van der Waals surface area contributed by atoms with E-state index in [1.165, 1.54) is 0 Å². The fourth-order valence-corrected chi connectivity index (χ4v) is 5.41. The molecule has 1 aromatic heterocycles. The number of rotatable bonds is 5. The van der Waals surface area contributed by atoms with Gasteiger partial charge in [0.2, 0.25) is 0 Å². The maximum absolute atomic E-state index is 9.77. The number of hydrogen-bond acceptors (Lipinski definition) is 3. The first-order valence-corrected chi connectivity index (χ1v) is 15.1. The van der Waals surface area contributed by atoms with Crippen molar-refractivity contribution in [1.82, 2.24) is 15.0 Å². The third-order valence-corrected chi connectivity index (χ3v) is 7.74. The van der Waals surface area contributed by atoms with Crippen LogP contribution in [-0.2, 0) is 0 Å². The van der Waals surface area contributed by atoms with Gasteiger partial charge in [-0.05, 0) is 78.1 Å². The molecule has 1 heterocycles. The summed E-state index contributed by atoms with van der Waals surface area (Å²) in [4.78, 5) is 13.3. The van der Waals surface area contributed by atoms with Gasteiger partial charge in [-0.25, -0.2) is 15.0 Å². The largest absolute Gasteiger partial charge is 0.208 e. The predicted octanol–water partition coefficient (Wildman–Crippen LogP) is 12.8. The Morgan fingerprint density at radius 1 is 0.288 bits per heavy atom. The van der Waals surface area contributed by atoms with Crippen LogP contribution in [0.15, 0.2) is 187 Å². The maximum atomic E-state index is 9.77. The second kappa shape index (κ2) is 12.4. The molecule has 9 aromatic carbocycles. The van der Waals surface area contributed by atoms with Gasteiger partial charge in [0.1, 0.15) is 0 Å². The summed E-state index contributed by atoms with van der Waals surface area (Å²) >= 11 is 0. The molecule has 0 N–H and O–H groups in total. The van der Waals surface area contributed by atoms with Gasteiger partial charge in [0.25, 0.3) is 0 Å². The van der Waals surface area contributed by atoms with Crippen LogP contribution in [0, 0.1) is 0 Å². The van der Waals surface area contributed by atoms with Crippen LogP contribution in [0.3, 0.4) is 0 Å². The Labute approximate surface area is 345 Å². The molecular formula is C49H31N3. The van der Waals surface area contributed by atoms with E-state index in [1.54, 1.807) is 0 Å². The average Bonchev–Trinajstić information content (AvgIpc) is 3.52. The van der Waals surface area contributed by atoms with Gasteiger partial charge in [-0.15, -0.1) is 0 Å². The van der Waals surface area contributed by atoms with Crippen LogP contribution in [0.1, 0.15) is 42.5 Å². The van der Waals surface area contributed by atoms with Gasteiger partial charge in [-0.1, -0.05) is 169 Å². The Balaban J connectivity index is 1.40. The van der Waals surface area contributed by atoms with Crippen molar-refractivity contribution < 1.29 is 42.5 Å². The normalized spacial score (nSPS) is 19.8. The standard InChI is InChI=1S/C49H31N3/c1-2-11-32(12-3-1)37-25-26-40-30-38(27-28-39(40)29-37)36-17-8-18-41(31-36)47-50-48(44-21-9-15-33-13-4-6-19-42(33)44)52-49(51-47)45-22-10-16-35-24-23-34-14-5-7-20-43(34)46(35)45/h1-31H/i1D,2D,3D,4D,5D,6D,7D,8D,9D,10D,11D,12D,13D,14D,15D,16D,17D,18D,19D,20D,21D,22D,23D,24D,25D,26D,27D,28D,29D,30D,31D. The topological polar surface area (TPSA) is 38.7 Å². The summed E-state index contributed by atoms with van der Waals surface area (Å²) in [6.45, 7) is 0.